The van der Waals surface area contributed by atoms with Crippen molar-refractivity contribution in [2.24, 2.45) is 10.9 Å². The Hall–Kier alpha value is -1.05. The van der Waals surface area contributed by atoms with Crippen LogP contribution in [0.4, 0.5) is 0 Å². The molecule has 2 fully saturated rings. The minimum Gasteiger partial charge on any atom is -0.342 e. The summed E-state index contributed by atoms with van der Waals surface area (Å²) in [5.41, 5.74) is 1.01. The maximum atomic E-state index is 12.1. The van der Waals surface area contributed by atoms with E-state index in [1.165, 1.54) is 11.8 Å². The summed E-state index contributed by atoms with van der Waals surface area (Å²) in [4.78, 5) is 18.4. The van der Waals surface area contributed by atoms with Crippen molar-refractivity contribution in [1.82, 2.24) is 4.90 Å². The SMILES string of the molecule is CC(C)CC(=O)N=C1S[C@@H]2CS(=O)(=O)C[C@H]2N1Cc1ccc(Cl)cc1. The highest BCUT2D eigenvalue weighted by Gasteiger charge is 2.48. The van der Waals surface area contributed by atoms with Gasteiger partial charge in [-0.1, -0.05) is 49.3 Å². The van der Waals surface area contributed by atoms with E-state index in [1.54, 1.807) is 0 Å². The van der Waals surface area contributed by atoms with E-state index in [0.29, 0.717) is 23.2 Å². The monoisotopic (exact) mass is 400 g/mol. The Bertz CT molecular complexity index is 791. The van der Waals surface area contributed by atoms with Gasteiger partial charge in [0.1, 0.15) is 0 Å². The van der Waals surface area contributed by atoms with Crippen molar-refractivity contribution < 1.29 is 13.2 Å². The zero-order chi connectivity index (χ0) is 18.2. The second-order valence-electron chi connectivity index (χ2n) is 6.94. The molecular formula is C17H21ClN2O3S2. The van der Waals surface area contributed by atoms with Crippen molar-refractivity contribution in [3.63, 3.8) is 0 Å². The molecule has 5 nitrogen and oxygen atoms in total. The number of fused-ring (bicyclic) bond motifs is 1. The van der Waals surface area contributed by atoms with Crippen LogP contribution in [0.2, 0.25) is 5.02 Å². The fraction of sp³-hybridized carbons (Fsp3) is 0.529. The first-order chi connectivity index (χ1) is 11.7. The molecule has 0 saturated carbocycles. The van der Waals surface area contributed by atoms with Crippen LogP contribution in [-0.4, -0.2) is 47.2 Å². The second kappa shape index (κ2) is 7.29. The van der Waals surface area contributed by atoms with Crippen molar-refractivity contribution in [2.45, 2.75) is 38.1 Å². The van der Waals surface area contributed by atoms with Gasteiger partial charge < -0.3 is 4.90 Å². The number of hydrogen-bond acceptors (Lipinski definition) is 4. The van der Waals surface area contributed by atoms with Gasteiger partial charge in [-0.05, 0) is 23.6 Å². The van der Waals surface area contributed by atoms with E-state index in [-0.39, 0.29) is 34.6 Å². The summed E-state index contributed by atoms with van der Waals surface area (Å²) in [7, 11) is -3.03. The number of halogens is 1. The van der Waals surface area contributed by atoms with Crippen molar-refractivity contribution in [3.8, 4) is 0 Å². The van der Waals surface area contributed by atoms with Gasteiger partial charge in [0.05, 0.1) is 17.5 Å². The van der Waals surface area contributed by atoms with Crippen LogP contribution in [0.1, 0.15) is 25.8 Å². The molecular weight excluding hydrogens is 380 g/mol. The van der Waals surface area contributed by atoms with E-state index in [1.807, 2.05) is 43.0 Å². The molecule has 3 rings (SSSR count). The molecule has 0 spiro atoms. The summed E-state index contributed by atoms with van der Waals surface area (Å²) in [5.74, 6) is 0.362. The van der Waals surface area contributed by atoms with E-state index < -0.39 is 9.84 Å². The second-order valence-corrected chi connectivity index (χ2v) is 10.7. The van der Waals surface area contributed by atoms with Crippen molar-refractivity contribution in [3.05, 3.63) is 34.9 Å². The number of carbonyl (C=O) groups is 1. The molecule has 2 saturated heterocycles. The molecule has 0 unspecified atom stereocenters. The molecule has 1 aromatic rings. The van der Waals surface area contributed by atoms with Crippen LogP contribution in [0.3, 0.4) is 0 Å². The van der Waals surface area contributed by atoms with E-state index in [9.17, 15) is 13.2 Å². The molecule has 1 amide bonds. The highest BCUT2D eigenvalue weighted by molar-refractivity contribution is 8.15. The third-order valence-corrected chi connectivity index (χ3v) is 7.74. The maximum absolute atomic E-state index is 12.1. The van der Waals surface area contributed by atoms with Crippen LogP contribution in [0.25, 0.3) is 0 Å². The van der Waals surface area contributed by atoms with Gasteiger partial charge in [-0.2, -0.15) is 4.99 Å². The molecule has 0 radical (unpaired) electrons. The number of amidine groups is 1. The Balaban J connectivity index is 1.85. The summed E-state index contributed by atoms with van der Waals surface area (Å²) >= 11 is 7.35. The molecule has 2 aliphatic heterocycles. The number of rotatable bonds is 4. The van der Waals surface area contributed by atoms with Crippen molar-refractivity contribution >= 4 is 44.3 Å². The average molecular weight is 401 g/mol. The van der Waals surface area contributed by atoms with Crippen LogP contribution in [0, 0.1) is 5.92 Å². The summed E-state index contributed by atoms with van der Waals surface area (Å²) in [6.45, 7) is 4.48. The van der Waals surface area contributed by atoms with Crippen molar-refractivity contribution in [2.75, 3.05) is 11.5 Å². The number of benzene rings is 1. The number of carbonyl (C=O) groups excluding carboxylic acids is 1. The van der Waals surface area contributed by atoms with Gasteiger partial charge in [0, 0.05) is 23.2 Å². The minimum atomic E-state index is -3.03. The number of amides is 1. The first kappa shape index (κ1) is 18.7. The van der Waals surface area contributed by atoms with Crippen LogP contribution in [0.15, 0.2) is 29.3 Å². The fourth-order valence-corrected chi connectivity index (χ4v) is 7.20. The molecule has 2 atom stereocenters. The topological polar surface area (TPSA) is 66.8 Å². The van der Waals surface area contributed by atoms with E-state index in [0.717, 1.165) is 5.56 Å². The molecule has 1 aromatic carbocycles. The molecule has 2 aliphatic rings. The van der Waals surface area contributed by atoms with Crippen LogP contribution in [-0.2, 0) is 21.2 Å². The van der Waals surface area contributed by atoms with Crippen molar-refractivity contribution in [1.29, 1.82) is 0 Å². The molecule has 2 heterocycles. The Morgan fingerprint density at radius 3 is 2.64 bits per heavy atom. The number of sulfone groups is 1. The van der Waals surface area contributed by atoms with E-state index in [2.05, 4.69) is 4.99 Å². The standard InChI is InChI=1S/C17H21ClN2O3S2/c1-11(2)7-16(21)19-17-20(8-12-3-5-13(18)6-4-12)14-9-25(22,23)10-15(14)24-17/h3-6,11,14-15H,7-10H2,1-2H3/t14-,15-/m1/s1. The summed E-state index contributed by atoms with van der Waals surface area (Å²) in [5, 5.41) is 1.25. The normalized spacial score (nSPS) is 26.4. The third-order valence-electron chi connectivity index (χ3n) is 4.24. The molecule has 136 valence electrons. The lowest BCUT2D eigenvalue weighted by Gasteiger charge is -2.24. The number of nitrogens with zero attached hydrogens (tertiary/aromatic N) is 2. The van der Waals surface area contributed by atoms with E-state index >= 15 is 0 Å². The Morgan fingerprint density at radius 2 is 2.00 bits per heavy atom. The van der Waals surface area contributed by atoms with Gasteiger partial charge in [-0.25, -0.2) is 8.42 Å². The average Bonchev–Trinajstić information content (AvgIpc) is 2.93. The highest BCUT2D eigenvalue weighted by Crippen LogP contribution is 2.39. The lowest BCUT2D eigenvalue weighted by atomic mass is 10.1. The van der Waals surface area contributed by atoms with Gasteiger partial charge in [0.2, 0.25) is 5.91 Å². The molecule has 0 N–H and O–H groups in total. The lowest BCUT2D eigenvalue weighted by molar-refractivity contribution is -0.118. The lowest BCUT2D eigenvalue weighted by Crippen LogP contribution is -2.37. The Kier molecular flexibility index (Phi) is 5.46. The number of aliphatic imine (C=N–C) groups is 1. The minimum absolute atomic E-state index is 0.0529. The smallest absolute Gasteiger partial charge is 0.248 e. The van der Waals surface area contributed by atoms with Gasteiger partial charge in [-0.15, -0.1) is 0 Å². The summed E-state index contributed by atoms with van der Waals surface area (Å²) < 4.78 is 24.0. The quantitative estimate of drug-likeness (QED) is 0.777. The van der Waals surface area contributed by atoms with Crippen LogP contribution in [0.5, 0.6) is 0 Å². The first-order valence-corrected chi connectivity index (χ1v) is 11.3. The van der Waals surface area contributed by atoms with Gasteiger partial charge in [0.15, 0.2) is 15.0 Å². The molecule has 25 heavy (non-hydrogen) atoms. The number of thioether (sulfide) groups is 1. The molecule has 0 aromatic heterocycles. The first-order valence-electron chi connectivity index (χ1n) is 8.23. The highest BCUT2D eigenvalue weighted by atomic mass is 35.5. The zero-order valence-corrected chi connectivity index (χ0v) is 16.6. The largest absolute Gasteiger partial charge is 0.342 e. The Labute approximate surface area is 157 Å². The van der Waals surface area contributed by atoms with Gasteiger partial charge >= 0.3 is 0 Å². The van der Waals surface area contributed by atoms with Crippen LogP contribution >= 0.6 is 23.4 Å². The fourth-order valence-electron chi connectivity index (χ4n) is 3.11. The molecule has 8 heteroatoms. The maximum Gasteiger partial charge on any atom is 0.248 e. The summed E-state index contributed by atoms with van der Waals surface area (Å²) in [6.07, 6.45) is 0.395. The van der Waals surface area contributed by atoms with Gasteiger partial charge in [0.25, 0.3) is 0 Å². The zero-order valence-electron chi connectivity index (χ0n) is 14.2. The third kappa shape index (κ3) is 4.57. The van der Waals surface area contributed by atoms with Crippen LogP contribution < -0.4 is 0 Å². The molecule has 0 bridgehead atoms. The Morgan fingerprint density at radius 1 is 1.32 bits per heavy atom. The van der Waals surface area contributed by atoms with Gasteiger partial charge in [-0.3, -0.25) is 4.79 Å². The predicted octanol–water partition coefficient (Wildman–Crippen LogP) is 2.98. The van der Waals surface area contributed by atoms with E-state index in [4.69, 9.17) is 11.6 Å². The predicted molar refractivity (Wildman–Crippen MR) is 103 cm³/mol. The number of hydrogen-bond donors (Lipinski definition) is 0. The molecule has 0 aliphatic carbocycles. The summed E-state index contributed by atoms with van der Waals surface area (Å²) in [6, 6.07) is 7.32.